The minimum Gasteiger partial charge on any atom is -0.473 e. The lowest BCUT2D eigenvalue weighted by Gasteiger charge is -2.08. The number of benzene rings is 2. The molecule has 4 aromatic rings. The smallest absolute Gasteiger partial charge is 0.280 e. The monoisotopic (exact) mass is 343 g/mol. The van der Waals surface area contributed by atoms with Gasteiger partial charge in [-0.05, 0) is 17.2 Å². The normalized spacial score (nSPS) is 10.8. The maximum Gasteiger partial charge on any atom is 0.280 e. The van der Waals surface area contributed by atoms with Crippen molar-refractivity contribution in [1.29, 1.82) is 0 Å². The van der Waals surface area contributed by atoms with Crippen molar-refractivity contribution in [2.75, 3.05) is 0 Å². The van der Waals surface area contributed by atoms with E-state index in [1.807, 2.05) is 60.7 Å². The molecule has 0 atom stereocenters. The zero-order valence-electron chi connectivity index (χ0n) is 14.1. The van der Waals surface area contributed by atoms with Crippen LogP contribution in [0.4, 0.5) is 0 Å². The third-order valence-corrected chi connectivity index (χ3v) is 4.07. The summed E-state index contributed by atoms with van der Waals surface area (Å²) in [6.07, 6.45) is 1.56. The van der Waals surface area contributed by atoms with E-state index in [-0.39, 0.29) is 5.56 Å². The predicted molar refractivity (Wildman–Crippen MR) is 100 cm³/mol. The Labute approximate surface area is 150 Å². The second kappa shape index (κ2) is 7.19. The van der Waals surface area contributed by atoms with E-state index in [2.05, 4.69) is 9.97 Å². The Hall–Kier alpha value is -3.47. The first-order valence-corrected chi connectivity index (χ1v) is 8.36. The van der Waals surface area contributed by atoms with Crippen LogP contribution in [-0.2, 0) is 13.2 Å². The van der Waals surface area contributed by atoms with Crippen molar-refractivity contribution in [3.8, 4) is 5.88 Å². The Morgan fingerprint density at radius 2 is 1.54 bits per heavy atom. The highest BCUT2D eigenvalue weighted by Crippen LogP contribution is 2.14. The maximum atomic E-state index is 12.8. The van der Waals surface area contributed by atoms with Crippen LogP contribution >= 0.6 is 0 Å². The summed E-state index contributed by atoms with van der Waals surface area (Å²) in [6.45, 7) is 0.858. The van der Waals surface area contributed by atoms with E-state index in [1.165, 1.54) is 0 Å². The lowest BCUT2D eigenvalue weighted by molar-refractivity contribution is 0.295. The molecule has 0 fully saturated rings. The first kappa shape index (κ1) is 16.0. The molecule has 5 heteroatoms. The van der Waals surface area contributed by atoms with E-state index in [1.54, 1.807) is 23.0 Å². The molecule has 128 valence electrons. The van der Waals surface area contributed by atoms with E-state index < -0.39 is 0 Å². The molecule has 2 aromatic carbocycles. The zero-order valence-corrected chi connectivity index (χ0v) is 14.1. The Kier molecular flexibility index (Phi) is 4.43. The van der Waals surface area contributed by atoms with E-state index in [0.29, 0.717) is 30.1 Å². The number of nitrogens with zero attached hydrogens (tertiary/aromatic N) is 3. The Balaban J connectivity index is 1.62. The number of pyridine rings is 1. The first-order valence-electron chi connectivity index (χ1n) is 8.36. The highest BCUT2D eigenvalue weighted by molar-refractivity contribution is 5.73. The topological polar surface area (TPSA) is 57.0 Å². The summed E-state index contributed by atoms with van der Waals surface area (Å²) in [5.41, 5.74) is 2.78. The number of ether oxygens (including phenoxy) is 1. The predicted octanol–water partition coefficient (Wildman–Crippen LogP) is 3.42. The van der Waals surface area contributed by atoms with Crippen molar-refractivity contribution in [2.45, 2.75) is 13.2 Å². The molecule has 2 heterocycles. The van der Waals surface area contributed by atoms with Gasteiger partial charge in [0.1, 0.15) is 6.61 Å². The van der Waals surface area contributed by atoms with Crippen molar-refractivity contribution in [3.05, 3.63) is 101 Å². The molecule has 0 aliphatic heterocycles. The van der Waals surface area contributed by atoms with E-state index in [0.717, 1.165) is 11.1 Å². The molecule has 0 aliphatic rings. The molecule has 4 rings (SSSR count). The molecular formula is C21H17N3O2. The van der Waals surface area contributed by atoms with Crippen molar-refractivity contribution >= 4 is 11.0 Å². The average Bonchev–Trinajstić information content (AvgIpc) is 2.70. The van der Waals surface area contributed by atoms with Crippen LogP contribution in [0.5, 0.6) is 5.88 Å². The highest BCUT2D eigenvalue weighted by atomic mass is 16.5. The molecule has 0 unspecified atom stereocenters. The number of hydrogen-bond donors (Lipinski definition) is 0. The minimum atomic E-state index is -0.177. The van der Waals surface area contributed by atoms with E-state index in [4.69, 9.17) is 4.74 Å². The summed E-state index contributed by atoms with van der Waals surface area (Å²) >= 11 is 0. The molecule has 0 amide bonds. The fourth-order valence-corrected chi connectivity index (χ4v) is 2.72. The second-order valence-electron chi connectivity index (χ2n) is 5.95. The lowest BCUT2D eigenvalue weighted by Crippen LogP contribution is -2.22. The van der Waals surface area contributed by atoms with Gasteiger partial charge in [0, 0.05) is 6.07 Å². The summed E-state index contributed by atoms with van der Waals surface area (Å²) in [7, 11) is 0. The first-order chi connectivity index (χ1) is 12.8. The maximum absolute atomic E-state index is 12.8. The van der Waals surface area contributed by atoms with Gasteiger partial charge in [0.15, 0.2) is 5.52 Å². The number of hydrogen-bond acceptors (Lipinski definition) is 4. The fraction of sp³-hybridized carbons (Fsp3) is 0.0952. The van der Waals surface area contributed by atoms with Gasteiger partial charge < -0.3 is 4.74 Å². The molecule has 0 radical (unpaired) electrons. The number of rotatable bonds is 5. The SMILES string of the molecule is O=c1c2nc(OCc3ccccc3)ccc2ncn1Cc1ccccc1. The van der Waals surface area contributed by atoms with Crippen LogP contribution in [-0.4, -0.2) is 14.5 Å². The Morgan fingerprint density at radius 1 is 0.846 bits per heavy atom. The van der Waals surface area contributed by atoms with Gasteiger partial charge in [0.25, 0.3) is 5.56 Å². The van der Waals surface area contributed by atoms with Crippen LogP contribution in [0.15, 0.2) is 83.9 Å². The minimum absolute atomic E-state index is 0.177. The van der Waals surface area contributed by atoms with Gasteiger partial charge in [0.05, 0.1) is 18.4 Å². The summed E-state index contributed by atoms with van der Waals surface area (Å²) in [5, 5.41) is 0. The van der Waals surface area contributed by atoms with E-state index in [9.17, 15) is 4.79 Å². The van der Waals surface area contributed by atoms with Crippen molar-refractivity contribution in [1.82, 2.24) is 14.5 Å². The van der Waals surface area contributed by atoms with Crippen LogP contribution in [0, 0.1) is 0 Å². The molecule has 26 heavy (non-hydrogen) atoms. The van der Waals surface area contributed by atoms with Gasteiger partial charge in [-0.15, -0.1) is 0 Å². The van der Waals surface area contributed by atoms with E-state index >= 15 is 0 Å². The number of aromatic nitrogens is 3. The van der Waals surface area contributed by atoms with Crippen molar-refractivity contribution in [3.63, 3.8) is 0 Å². The molecule has 0 saturated carbocycles. The quantitative estimate of drug-likeness (QED) is 0.557. The van der Waals surface area contributed by atoms with Gasteiger partial charge in [-0.1, -0.05) is 60.7 Å². The standard InChI is InChI=1S/C21H17N3O2/c25-21-20-18(22-15-24(21)13-16-7-3-1-4-8-16)11-12-19(23-20)26-14-17-9-5-2-6-10-17/h1-12,15H,13-14H2. The van der Waals surface area contributed by atoms with Crippen LogP contribution in [0.1, 0.15) is 11.1 Å². The average molecular weight is 343 g/mol. The fourth-order valence-electron chi connectivity index (χ4n) is 2.72. The van der Waals surface area contributed by atoms with Crippen molar-refractivity contribution in [2.24, 2.45) is 0 Å². The van der Waals surface area contributed by atoms with Crippen LogP contribution in [0.3, 0.4) is 0 Å². The van der Waals surface area contributed by atoms with Gasteiger partial charge in [-0.25, -0.2) is 9.97 Å². The molecule has 0 aliphatic carbocycles. The largest absolute Gasteiger partial charge is 0.473 e. The van der Waals surface area contributed by atoms with Gasteiger partial charge in [0.2, 0.25) is 5.88 Å². The third-order valence-electron chi connectivity index (χ3n) is 4.07. The number of fused-ring (bicyclic) bond motifs is 1. The van der Waals surface area contributed by atoms with Crippen LogP contribution in [0.2, 0.25) is 0 Å². The molecule has 2 aromatic heterocycles. The third kappa shape index (κ3) is 3.47. The molecule has 0 N–H and O–H groups in total. The summed E-state index contributed by atoms with van der Waals surface area (Å²) in [6, 6.07) is 23.1. The molecule has 5 nitrogen and oxygen atoms in total. The Morgan fingerprint density at radius 3 is 2.27 bits per heavy atom. The second-order valence-corrected chi connectivity index (χ2v) is 5.95. The van der Waals surface area contributed by atoms with Gasteiger partial charge in [-0.3, -0.25) is 9.36 Å². The van der Waals surface area contributed by atoms with Gasteiger partial charge >= 0.3 is 0 Å². The molecule has 0 saturated heterocycles. The zero-order chi connectivity index (χ0) is 17.8. The van der Waals surface area contributed by atoms with Crippen LogP contribution in [0.25, 0.3) is 11.0 Å². The summed E-state index contributed by atoms with van der Waals surface area (Å²) in [4.78, 5) is 21.5. The van der Waals surface area contributed by atoms with Crippen LogP contribution < -0.4 is 10.3 Å². The summed E-state index contributed by atoms with van der Waals surface area (Å²) in [5.74, 6) is 0.415. The van der Waals surface area contributed by atoms with Crippen molar-refractivity contribution < 1.29 is 4.74 Å². The Bertz CT molecular complexity index is 1080. The summed E-state index contributed by atoms with van der Waals surface area (Å²) < 4.78 is 7.29. The molecule has 0 spiro atoms. The highest BCUT2D eigenvalue weighted by Gasteiger charge is 2.08. The molecular weight excluding hydrogens is 326 g/mol. The lowest BCUT2D eigenvalue weighted by atomic mass is 10.2. The molecule has 0 bridgehead atoms. The van der Waals surface area contributed by atoms with Gasteiger partial charge in [-0.2, -0.15) is 0 Å².